The lowest BCUT2D eigenvalue weighted by molar-refractivity contribution is -0.160. The fourth-order valence-electron chi connectivity index (χ4n) is 2.71. The van der Waals surface area contributed by atoms with E-state index in [-0.39, 0.29) is 12.0 Å². The third kappa shape index (κ3) is 2.96. The van der Waals surface area contributed by atoms with Crippen molar-refractivity contribution >= 4 is 29.5 Å². The molecular weight excluding hydrogens is 332 g/mol. The first kappa shape index (κ1) is 16.4. The minimum absolute atomic E-state index is 0.208. The van der Waals surface area contributed by atoms with E-state index in [0.717, 1.165) is 0 Å². The molecule has 3 rings (SSSR count). The number of benzene rings is 1. The Balaban J connectivity index is 1.57. The van der Waals surface area contributed by atoms with Crippen LogP contribution in [-0.2, 0) is 14.4 Å². The molecule has 8 heteroatoms. The van der Waals surface area contributed by atoms with Crippen LogP contribution in [0.4, 0.5) is 0 Å². The van der Waals surface area contributed by atoms with Gasteiger partial charge < -0.3 is 20.1 Å². The molecule has 1 aromatic carbocycles. The smallest absolute Gasteiger partial charge is 0.330 e. The monoisotopic (exact) mass is 348 g/mol. The highest BCUT2D eigenvalue weighted by atomic mass is 32.2. The number of carbonyl (C=O) groups is 3. The van der Waals surface area contributed by atoms with Crippen LogP contribution in [0.15, 0.2) is 42.5 Å². The number of hydrogen-bond donors (Lipinski definition) is 2. The predicted octanol–water partition coefficient (Wildman–Crippen LogP) is 0.475. The van der Waals surface area contributed by atoms with E-state index in [9.17, 15) is 19.5 Å². The molecule has 0 bridgehead atoms. The van der Waals surface area contributed by atoms with E-state index < -0.39 is 29.9 Å². The molecule has 2 amide bonds. The molecule has 2 fully saturated rings. The Morgan fingerprint density at radius 3 is 2.75 bits per heavy atom. The van der Waals surface area contributed by atoms with Gasteiger partial charge in [0, 0.05) is 5.75 Å². The van der Waals surface area contributed by atoms with Gasteiger partial charge in [0.15, 0.2) is 12.6 Å². The highest BCUT2D eigenvalue weighted by Crippen LogP contribution is 2.39. The van der Waals surface area contributed by atoms with Gasteiger partial charge in [0.05, 0.1) is 0 Å². The Morgan fingerprint density at radius 1 is 1.38 bits per heavy atom. The molecule has 2 N–H and O–H groups in total. The maximum Gasteiger partial charge on any atom is 0.330 e. The number of nitrogens with one attached hydrogen (secondary N) is 1. The lowest BCUT2D eigenvalue weighted by atomic mass is 9.98. The predicted molar refractivity (Wildman–Crippen MR) is 87.5 cm³/mol. The summed E-state index contributed by atoms with van der Waals surface area (Å²) < 4.78 is 5.33. The molecule has 3 atom stereocenters. The van der Waals surface area contributed by atoms with Crippen molar-refractivity contribution in [1.29, 1.82) is 0 Å². The highest BCUT2D eigenvalue weighted by Gasteiger charge is 2.56. The Hall–Kier alpha value is -2.48. The average Bonchev–Trinajstić information content (AvgIpc) is 2.58. The van der Waals surface area contributed by atoms with Crippen molar-refractivity contribution in [3.8, 4) is 5.75 Å². The van der Waals surface area contributed by atoms with Crippen LogP contribution >= 0.6 is 11.8 Å². The maximum atomic E-state index is 12.2. The zero-order valence-electron chi connectivity index (χ0n) is 12.7. The van der Waals surface area contributed by atoms with Gasteiger partial charge in [0.2, 0.25) is 5.91 Å². The standard InChI is InChI=1S/C16H16N2O5S/c1-9-8-24-15-12(14(20)18(15)13(9)16(21)22)17-11(19)7-23-10-5-3-2-4-6-10/h2-6,12-13,15H,1,7-8H2,(H,17,19)(H,21,22)/t12-,13-,15+/m1/s1. The Bertz CT molecular complexity index is 693. The molecule has 0 aromatic heterocycles. The van der Waals surface area contributed by atoms with E-state index in [0.29, 0.717) is 17.1 Å². The van der Waals surface area contributed by atoms with Gasteiger partial charge >= 0.3 is 5.97 Å². The molecule has 0 saturated carbocycles. The molecule has 0 radical (unpaired) electrons. The van der Waals surface area contributed by atoms with Crippen LogP contribution in [-0.4, -0.2) is 57.6 Å². The average molecular weight is 348 g/mol. The van der Waals surface area contributed by atoms with Crippen molar-refractivity contribution in [3.63, 3.8) is 0 Å². The molecule has 2 saturated heterocycles. The van der Waals surface area contributed by atoms with Gasteiger partial charge in [-0.2, -0.15) is 0 Å². The van der Waals surface area contributed by atoms with Crippen molar-refractivity contribution in [2.45, 2.75) is 17.5 Å². The minimum Gasteiger partial charge on any atom is -0.484 e. The quantitative estimate of drug-likeness (QED) is 0.593. The van der Waals surface area contributed by atoms with Gasteiger partial charge in [-0.1, -0.05) is 24.8 Å². The second-order valence-electron chi connectivity index (χ2n) is 5.49. The van der Waals surface area contributed by atoms with Gasteiger partial charge in [-0.05, 0) is 17.7 Å². The number of rotatable bonds is 5. The minimum atomic E-state index is -1.10. The molecule has 126 valence electrons. The fraction of sp³-hybridized carbons (Fsp3) is 0.312. The Kier molecular flexibility index (Phi) is 4.48. The van der Waals surface area contributed by atoms with Crippen LogP contribution in [0.3, 0.4) is 0 Å². The molecule has 1 aromatic rings. The van der Waals surface area contributed by atoms with Crippen molar-refractivity contribution in [3.05, 3.63) is 42.5 Å². The zero-order valence-corrected chi connectivity index (χ0v) is 13.5. The molecule has 24 heavy (non-hydrogen) atoms. The van der Waals surface area contributed by atoms with Crippen LogP contribution < -0.4 is 10.1 Å². The molecule has 0 spiro atoms. The Labute approximate surface area is 142 Å². The van der Waals surface area contributed by atoms with Crippen molar-refractivity contribution < 1.29 is 24.2 Å². The maximum absolute atomic E-state index is 12.2. The molecule has 2 heterocycles. The van der Waals surface area contributed by atoms with E-state index in [1.54, 1.807) is 24.3 Å². The summed E-state index contributed by atoms with van der Waals surface area (Å²) in [6.07, 6.45) is 0. The molecule has 0 unspecified atom stereocenters. The number of hydrogen-bond acceptors (Lipinski definition) is 5. The molecule has 7 nitrogen and oxygen atoms in total. The largest absolute Gasteiger partial charge is 0.484 e. The van der Waals surface area contributed by atoms with Gasteiger partial charge in [-0.25, -0.2) is 4.79 Å². The van der Waals surface area contributed by atoms with Gasteiger partial charge in [-0.15, -0.1) is 11.8 Å². The summed E-state index contributed by atoms with van der Waals surface area (Å²) in [5.41, 5.74) is 0.481. The first-order valence-corrected chi connectivity index (χ1v) is 8.35. The van der Waals surface area contributed by atoms with Gasteiger partial charge in [-0.3, -0.25) is 9.59 Å². The number of amides is 2. The number of para-hydroxylation sites is 1. The number of carboxylic acids is 1. The summed E-state index contributed by atoms with van der Waals surface area (Å²) in [6.45, 7) is 3.51. The number of thioether (sulfide) groups is 1. The van der Waals surface area contributed by atoms with E-state index in [4.69, 9.17) is 4.74 Å². The van der Waals surface area contributed by atoms with Crippen molar-refractivity contribution in [2.75, 3.05) is 12.4 Å². The van der Waals surface area contributed by atoms with E-state index in [2.05, 4.69) is 11.9 Å². The summed E-state index contributed by atoms with van der Waals surface area (Å²) in [5.74, 6) is -0.931. The number of nitrogens with zero attached hydrogens (tertiary/aromatic N) is 1. The lowest BCUT2D eigenvalue weighted by Gasteiger charge is -2.52. The lowest BCUT2D eigenvalue weighted by Crippen LogP contribution is -2.74. The van der Waals surface area contributed by atoms with Crippen LogP contribution in [0.1, 0.15) is 0 Å². The molecule has 0 aliphatic carbocycles. The number of carbonyl (C=O) groups excluding carboxylic acids is 2. The second kappa shape index (κ2) is 6.56. The van der Waals surface area contributed by atoms with Gasteiger partial charge in [0.25, 0.3) is 5.91 Å². The van der Waals surface area contributed by atoms with Crippen LogP contribution in [0, 0.1) is 0 Å². The van der Waals surface area contributed by atoms with Gasteiger partial charge in [0.1, 0.15) is 17.2 Å². The summed E-state index contributed by atoms with van der Waals surface area (Å²) in [7, 11) is 0. The topological polar surface area (TPSA) is 95.9 Å². The molecule has 2 aliphatic heterocycles. The first-order valence-electron chi connectivity index (χ1n) is 7.30. The third-order valence-corrected chi connectivity index (χ3v) is 5.23. The summed E-state index contributed by atoms with van der Waals surface area (Å²) in [5, 5.41) is 11.5. The van der Waals surface area contributed by atoms with Crippen molar-refractivity contribution in [1.82, 2.24) is 10.2 Å². The third-order valence-electron chi connectivity index (χ3n) is 3.85. The van der Waals surface area contributed by atoms with Crippen LogP contribution in [0.25, 0.3) is 0 Å². The number of fused-ring (bicyclic) bond motifs is 1. The van der Waals surface area contributed by atoms with E-state index in [1.165, 1.54) is 16.7 Å². The first-order chi connectivity index (χ1) is 11.5. The Morgan fingerprint density at radius 2 is 2.08 bits per heavy atom. The van der Waals surface area contributed by atoms with E-state index >= 15 is 0 Å². The van der Waals surface area contributed by atoms with Crippen LogP contribution in [0.5, 0.6) is 5.75 Å². The normalized spacial score (nSPS) is 25.5. The summed E-state index contributed by atoms with van der Waals surface area (Å²) in [6, 6.07) is 7.12. The van der Waals surface area contributed by atoms with E-state index in [1.807, 2.05) is 6.07 Å². The second-order valence-corrected chi connectivity index (χ2v) is 6.60. The highest BCUT2D eigenvalue weighted by molar-refractivity contribution is 8.00. The number of carboxylic acid groups (broad SMARTS) is 1. The van der Waals surface area contributed by atoms with Crippen molar-refractivity contribution in [2.24, 2.45) is 0 Å². The number of β-lactam (4-membered cyclic amide) rings is 1. The fourth-order valence-corrected chi connectivity index (χ4v) is 4.02. The zero-order chi connectivity index (χ0) is 17.3. The number of aliphatic carboxylic acids is 1. The van der Waals surface area contributed by atoms with Crippen LogP contribution in [0.2, 0.25) is 0 Å². The summed E-state index contributed by atoms with van der Waals surface area (Å²) >= 11 is 1.40. The number of ether oxygens (including phenoxy) is 1. The summed E-state index contributed by atoms with van der Waals surface area (Å²) in [4.78, 5) is 36.8. The SMILES string of the molecule is C=C1CS[C@H]2[C@H](NC(=O)COc3ccccc3)C(=O)N2[C@H]1C(=O)O. The molecule has 2 aliphatic rings. The molecular formula is C16H16N2O5S.